The Bertz CT molecular complexity index is 1890. The minimum atomic E-state index is 0.700. The lowest BCUT2D eigenvalue weighted by Gasteiger charge is -2.12. The third kappa shape index (κ3) is 5.02. The number of H-pyrrole nitrogens is 2. The molecule has 196 valence electrons. The van der Waals surface area contributed by atoms with E-state index < -0.39 is 0 Å². The van der Waals surface area contributed by atoms with Crippen molar-refractivity contribution < 1.29 is 0 Å². The summed E-state index contributed by atoms with van der Waals surface area (Å²) in [5.41, 5.74) is 10.7. The van der Waals surface area contributed by atoms with Crippen LogP contribution in [0.2, 0.25) is 0 Å². The maximum Gasteiger partial charge on any atom is 0.159 e. The lowest BCUT2D eigenvalue weighted by atomic mass is 10.0. The number of benzene rings is 2. The average molecular weight is 541 g/mol. The number of aromatic amines is 2. The van der Waals surface area contributed by atoms with Gasteiger partial charge in [0.05, 0.1) is 17.2 Å². The van der Waals surface area contributed by atoms with Gasteiger partial charge in [0.1, 0.15) is 11.2 Å². The molecule has 4 aromatic heterocycles. The molecule has 0 bridgehead atoms. The van der Waals surface area contributed by atoms with Crippen molar-refractivity contribution in [3.05, 3.63) is 132 Å². The summed E-state index contributed by atoms with van der Waals surface area (Å²) in [6.45, 7) is 10.3. The van der Waals surface area contributed by atoms with Gasteiger partial charge in [0.25, 0.3) is 0 Å². The molecule has 6 aromatic rings. The number of pyridine rings is 1. The van der Waals surface area contributed by atoms with E-state index in [0.717, 1.165) is 67.7 Å². The van der Waals surface area contributed by atoms with Gasteiger partial charge in [-0.2, -0.15) is 16.4 Å². The molecule has 0 unspecified atom stereocenters. The topological polar surface area (TPSA) is 82.3 Å². The average Bonchev–Trinajstić information content (AvgIpc) is 3.74. The summed E-state index contributed by atoms with van der Waals surface area (Å²) in [6.07, 6.45) is 10.4. The van der Waals surface area contributed by atoms with E-state index in [2.05, 4.69) is 98.0 Å². The second-order valence-electron chi connectivity index (χ2n) is 9.45. The Morgan fingerprint density at radius 2 is 1.95 bits per heavy atom. The van der Waals surface area contributed by atoms with Gasteiger partial charge in [-0.25, -0.2) is 4.98 Å². The molecule has 0 aliphatic carbocycles. The van der Waals surface area contributed by atoms with Crippen molar-refractivity contribution in [2.24, 2.45) is 0 Å². The van der Waals surface area contributed by atoms with E-state index >= 15 is 0 Å². The van der Waals surface area contributed by atoms with Gasteiger partial charge in [0.15, 0.2) is 5.82 Å². The molecule has 6 nitrogen and oxygen atoms in total. The first kappa shape index (κ1) is 25.3. The van der Waals surface area contributed by atoms with Crippen LogP contribution in [0.5, 0.6) is 0 Å². The molecule has 0 saturated heterocycles. The number of nitrogens with one attached hydrogen (secondary N) is 3. The zero-order valence-electron chi connectivity index (χ0n) is 22.1. The van der Waals surface area contributed by atoms with Gasteiger partial charge in [0, 0.05) is 35.0 Å². The third-order valence-corrected chi connectivity index (χ3v) is 7.45. The van der Waals surface area contributed by atoms with E-state index in [1.54, 1.807) is 17.5 Å². The normalized spacial score (nSPS) is 12.2. The van der Waals surface area contributed by atoms with Gasteiger partial charge >= 0.3 is 0 Å². The molecule has 0 radical (unpaired) electrons. The molecule has 0 amide bonds. The van der Waals surface area contributed by atoms with Crippen molar-refractivity contribution in [2.75, 3.05) is 0 Å². The predicted molar refractivity (Wildman–Crippen MR) is 167 cm³/mol. The van der Waals surface area contributed by atoms with Crippen LogP contribution in [-0.4, -0.2) is 25.1 Å². The highest BCUT2D eigenvalue weighted by Crippen LogP contribution is 2.33. The lowest BCUT2D eigenvalue weighted by Crippen LogP contribution is -2.12. The number of rotatable bonds is 9. The zero-order valence-corrected chi connectivity index (χ0v) is 22.9. The monoisotopic (exact) mass is 540 g/mol. The number of nitrogens with zero attached hydrogens (tertiary/aromatic N) is 3. The molecule has 2 aromatic carbocycles. The van der Waals surface area contributed by atoms with Gasteiger partial charge < -0.3 is 10.3 Å². The summed E-state index contributed by atoms with van der Waals surface area (Å²) < 4.78 is 0. The number of thiophene rings is 1. The fourth-order valence-electron chi connectivity index (χ4n) is 4.79. The SMILES string of the molecule is C=C/C(=C\C(=C/C)c1ccc2[nH]nc(-c3nc4c(-c5ccsc5)cncc4[nH]3)c2c1)NC(=C)Cc1ccccc1. The van der Waals surface area contributed by atoms with Crippen LogP contribution in [0.1, 0.15) is 18.1 Å². The molecular formula is C33H28N6S. The van der Waals surface area contributed by atoms with E-state index in [1.165, 1.54) is 5.56 Å². The maximum atomic E-state index is 4.95. The van der Waals surface area contributed by atoms with Crippen LogP contribution >= 0.6 is 11.3 Å². The second-order valence-corrected chi connectivity index (χ2v) is 10.2. The maximum absolute atomic E-state index is 4.95. The first-order chi connectivity index (χ1) is 19.6. The summed E-state index contributed by atoms with van der Waals surface area (Å²) in [5, 5.41) is 16.4. The van der Waals surface area contributed by atoms with Crippen molar-refractivity contribution in [1.29, 1.82) is 0 Å². The van der Waals surface area contributed by atoms with E-state index in [0.29, 0.717) is 5.82 Å². The van der Waals surface area contributed by atoms with Crippen LogP contribution in [0.4, 0.5) is 0 Å². The predicted octanol–water partition coefficient (Wildman–Crippen LogP) is 8.05. The van der Waals surface area contributed by atoms with Crippen LogP contribution in [0.25, 0.3) is 50.2 Å². The summed E-state index contributed by atoms with van der Waals surface area (Å²) >= 11 is 1.66. The van der Waals surface area contributed by atoms with Gasteiger partial charge in [-0.1, -0.05) is 55.6 Å². The molecule has 0 aliphatic heterocycles. The van der Waals surface area contributed by atoms with E-state index in [4.69, 9.17) is 4.98 Å². The van der Waals surface area contributed by atoms with Crippen molar-refractivity contribution in [2.45, 2.75) is 13.3 Å². The van der Waals surface area contributed by atoms with E-state index in [9.17, 15) is 0 Å². The quantitative estimate of drug-likeness (QED) is 0.162. The fourth-order valence-corrected chi connectivity index (χ4v) is 5.44. The van der Waals surface area contributed by atoms with Crippen molar-refractivity contribution in [1.82, 2.24) is 30.5 Å². The first-order valence-corrected chi connectivity index (χ1v) is 13.9. The van der Waals surface area contributed by atoms with Crippen LogP contribution in [-0.2, 0) is 6.42 Å². The fraction of sp³-hybridized carbons (Fsp3) is 0.0606. The highest BCUT2D eigenvalue weighted by molar-refractivity contribution is 7.08. The van der Waals surface area contributed by atoms with Gasteiger partial charge in [0.2, 0.25) is 0 Å². The lowest BCUT2D eigenvalue weighted by molar-refractivity contribution is 0.942. The summed E-state index contributed by atoms with van der Waals surface area (Å²) in [4.78, 5) is 12.8. The molecule has 0 atom stereocenters. The number of hydrogen-bond donors (Lipinski definition) is 3. The van der Waals surface area contributed by atoms with Crippen LogP contribution in [0.3, 0.4) is 0 Å². The van der Waals surface area contributed by atoms with Gasteiger partial charge in [-0.15, -0.1) is 0 Å². The third-order valence-electron chi connectivity index (χ3n) is 6.77. The highest BCUT2D eigenvalue weighted by atomic mass is 32.1. The molecule has 3 N–H and O–H groups in total. The molecule has 4 heterocycles. The Hall–Kier alpha value is -5.01. The molecule has 40 heavy (non-hydrogen) atoms. The molecule has 7 heteroatoms. The largest absolute Gasteiger partial charge is 0.359 e. The van der Waals surface area contributed by atoms with Crippen LogP contribution < -0.4 is 5.32 Å². The van der Waals surface area contributed by atoms with Gasteiger partial charge in [-0.3, -0.25) is 10.1 Å². The Balaban J connectivity index is 1.32. The van der Waals surface area contributed by atoms with Crippen molar-refractivity contribution in [3.8, 4) is 22.6 Å². The molecule has 0 saturated carbocycles. The smallest absolute Gasteiger partial charge is 0.159 e. The number of allylic oxidation sites excluding steroid dienone is 5. The molecule has 0 spiro atoms. The number of aromatic nitrogens is 5. The molecule has 6 rings (SSSR count). The summed E-state index contributed by atoms with van der Waals surface area (Å²) in [5.74, 6) is 0.700. The van der Waals surface area contributed by atoms with Crippen molar-refractivity contribution >= 4 is 38.8 Å². The van der Waals surface area contributed by atoms with Crippen LogP contribution in [0, 0.1) is 0 Å². The van der Waals surface area contributed by atoms with E-state index in [1.807, 2.05) is 37.4 Å². The minimum Gasteiger partial charge on any atom is -0.359 e. The Labute approximate surface area is 236 Å². The minimum absolute atomic E-state index is 0.700. The second kappa shape index (κ2) is 11.0. The van der Waals surface area contributed by atoms with E-state index in [-0.39, 0.29) is 0 Å². The summed E-state index contributed by atoms with van der Waals surface area (Å²) in [7, 11) is 0. The summed E-state index contributed by atoms with van der Waals surface area (Å²) in [6, 6.07) is 18.7. The Morgan fingerprint density at radius 1 is 1.07 bits per heavy atom. The zero-order chi connectivity index (χ0) is 27.5. The standard InChI is InChI=1S/C33H28N6S/c1-4-23(16-26(5-2)35-21(3)15-22-9-7-6-8-10-22)24-11-12-29-27(17-24)32(39-38-29)33-36-30-19-34-18-28(31(30)37-33)25-13-14-40-20-25/h4-14,16-20,35H,2-3,15H2,1H3,(H,36,37)(H,38,39)/b23-4+,26-16+. The number of imidazole rings is 1. The highest BCUT2D eigenvalue weighted by Gasteiger charge is 2.16. The molecule has 0 aliphatic rings. The Morgan fingerprint density at radius 3 is 2.73 bits per heavy atom. The van der Waals surface area contributed by atoms with Gasteiger partial charge in [-0.05, 0) is 70.3 Å². The number of fused-ring (bicyclic) bond motifs is 2. The number of hydrogen-bond acceptors (Lipinski definition) is 5. The van der Waals surface area contributed by atoms with Crippen LogP contribution in [0.15, 0.2) is 121 Å². The Kier molecular flexibility index (Phi) is 6.95. The molecule has 0 fully saturated rings. The van der Waals surface area contributed by atoms with Crippen molar-refractivity contribution in [3.63, 3.8) is 0 Å². The first-order valence-electron chi connectivity index (χ1n) is 13.0. The molecular weight excluding hydrogens is 512 g/mol.